The van der Waals surface area contributed by atoms with Gasteiger partial charge in [0.05, 0.1) is 10.6 Å². The smallest absolute Gasteiger partial charge is 0.126 e. The molecule has 0 fully saturated rings. The third kappa shape index (κ3) is 1.99. The number of hydrogen-bond acceptors (Lipinski definition) is 4. The van der Waals surface area contributed by atoms with Gasteiger partial charge in [0.25, 0.3) is 0 Å². The van der Waals surface area contributed by atoms with E-state index in [4.69, 9.17) is 5.73 Å². The van der Waals surface area contributed by atoms with Gasteiger partial charge in [0.15, 0.2) is 0 Å². The SMILES string of the molecule is Cc1cc(C)c(N)c(S(=O)(=O)[O-])c1. The van der Waals surface area contributed by atoms with Gasteiger partial charge < -0.3 is 10.3 Å². The Morgan fingerprint density at radius 1 is 1.31 bits per heavy atom. The average Bonchev–Trinajstić information content (AvgIpc) is 1.94. The van der Waals surface area contributed by atoms with Gasteiger partial charge in [0.2, 0.25) is 0 Å². The molecule has 1 aromatic rings. The second-order valence-electron chi connectivity index (χ2n) is 2.95. The van der Waals surface area contributed by atoms with Crippen molar-refractivity contribution < 1.29 is 13.0 Å². The van der Waals surface area contributed by atoms with E-state index in [9.17, 15) is 13.0 Å². The quantitative estimate of drug-likeness (QED) is 0.536. The molecule has 0 saturated heterocycles. The van der Waals surface area contributed by atoms with Crippen LogP contribution in [-0.4, -0.2) is 13.0 Å². The van der Waals surface area contributed by atoms with Crippen LogP contribution >= 0.6 is 0 Å². The van der Waals surface area contributed by atoms with Gasteiger partial charge >= 0.3 is 0 Å². The number of aryl methyl sites for hydroxylation is 2. The number of nitrogen functional groups attached to an aromatic ring is 1. The topological polar surface area (TPSA) is 83.2 Å². The molecule has 2 N–H and O–H groups in total. The fourth-order valence-corrected chi connectivity index (χ4v) is 1.91. The van der Waals surface area contributed by atoms with E-state index in [1.807, 2.05) is 0 Å². The Bertz CT molecular complexity index is 437. The number of hydrogen-bond donors (Lipinski definition) is 1. The number of benzene rings is 1. The van der Waals surface area contributed by atoms with E-state index in [1.165, 1.54) is 6.07 Å². The van der Waals surface area contributed by atoms with E-state index in [0.29, 0.717) is 11.1 Å². The monoisotopic (exact) mass is 200 g/mol. The lowest BCUT2D eigenvalue weighted by molar-refractivity contribution is 0.463. The van der Waals surface area contributed by atoms with Crippen LogP contribution in [0, 0.1) is 13.8 Å². The zero-order valence-electron chi connectivity index (χ0n) is 7.37. The van der Waals surface area contributed by atoms with Gasteiger partial charge in [0, 0.05) is 0 Å². The molecule has 0 bridgehead atoms. The van der Waals surface area contributed by atoms with Crippen molar-refractivity contribution >= 4 is 15.8 Å². The van der Waals surface area contributed by atoms with Crippen molar-refractivity contribution in [2.24, 2.45) is 0 Å². The highest BCUT2D eigenvalue weighted by molar-refractivity contribution is 7.86. The van der Waals surface area contributed by atoms with Gasteiger partial charge in [-0.3, -0.25) is 0 Å². The zero-order chi connectivity index (χ0) is 10.2. The molecule has 4 nitrogen and oxygen atoms in total. The molecule has 0 aliphatic rings. The second-order valence-corrected chi connectivity index (χ2v) is 4.30. The molecule has 0 aromatic heterocycles. The van der Waals surface area contributed by atoms with Gasteiger partial charge in [-0.2, -0.15) is 0 Å². The molecule has 1 aromatic carbocycles. The lowest BCUT2D eigenvalue weighted by Crippen LogP contribution is -2.05. The first kappa shape index (κ1) is 10.0. The number of rotatable bonds is 1. The molecular weight excluding hydrogens is 190 g/mol. The summed E-state index contributed by atoms with van der Waals surface area (Å²) in [5, 5.41) is 0. The highest BCUT2D eigenvalue weighted by Gasteiger charge is 2.08. The third-order valence-electron chi connectivity index (χ3n) is 1.76. The minimum atomic E-state index is -4.45. The van der Waals surface area contributed by atoms with Crippen molar-refractivity contribution in [3.8, 4) is 0 Å². The molecule has 13 heavy (non-hydrogen) atoms. The predicted octanol–water partition coefficient (Wildman–Crippen LogP) is 0.790. The summed E-state index contributed by atoms with van der Waals surface area (Å²) < 4.78 is 32.2. The molecule has 5 heteroatoms. The van der Waals surface area contributed by atoms with Crippen molar-refractivity contribution in [3.63, 3.8) is 0 Å². The molecule has 0 radical (unpaired) electrons. The minimum Gasteiger partial charge on any atom is -0.744 e. The summed E-state index contributed by atoms with van der Waals surface area (Å²) in [5.74, 6) is 0. The summed E-state index contributed by atoms with van der Waals surface area (Å²) in [6.45, 7) is 3.37. The van der Waals surface area contributed by atoms with Gasteiger partial charge in [-0.1, -0.05) is 6.07 Å². The van der Waals surface area contributed by atoms with Crippen LogP contribution in [0.2, 0.25) is 0 Å². The van der Waals surface area contributed by atoms with Gasteiger partial charge in [0.1, 0.15) is 10.1 Å². The third-order valence-corrected chi connectivity index (χ3v) is 2.64. The predicted molar refractivity (Wildman–Crippen MR) is 48.3 cm³/mol. The van der Waals surface area contributed by atoms with Crippen molar-refractivity contribution in [3.05, 3.63) is 23.3 Å². The van der Waals surface area contributed by atoms with Gasteiger partial charge in [-0.25, -0.2) is 8.42 Å². The maximum absolute atomic E-state index is 10.7. The van der Waals surface area contributed by atoms with Crippen LogP contribution in [-0.2, 0) is 10.1 Å². The first-order valence-corrected chi connectivity index (χ1v) is 5.06. The first-order valence-electron chi connectivity index (χ1n) is 3.65. The van der Waals surface area contributed by atoms with Crippen LogP contribution in [0.4, 0.5) is 5.69 Å². The number of anilines is 1. The van der Waals surface area contributed by atoms with E-state index < -0.39 is 10.1 Å². The summed E-state index contributed by atoms with van der Waals surface area (Å²) in [7, 11) is -4.45. The van der Waals surface area contributed by atoms with Crippen LogP contribution in [0.5, 0.6) is 0 Å². The molecule has 0 unspecified atom stereocenters. The Morgan fingerprint density at radius 2 is 1.85 bits per heavy atom. The second kappa shape index (κ2) is 3.01. The molecule has 0 amide bonds. The maximum Gasteiger partial charge on any atom is 0.126 e. The van der Waals surface area contributed by atoms with Crippen LogP contribution in [0.3, 0.4) is 0 Å². The van der Waals surface area contributed by atoms with Crippen molar-refractivity contribution in [2.75, 3.05) is 5.73 Å². The van der Waals surface area contributed by atoms with E-state index in [2.05, 4.69) is 0 Å². The van der Waals surface area contributed by atoms with Crippen LogP contribution in [0.15, 0.2) is 17.0 Å². The lowest BCUT2D eigenvalue weighted by atomic mass is 10.1. The normalized spacial score (nSPS) is 11.6. The Balaban J connectivity index is 3.56. The summed E-state index contributed by atoms with van der Waals surface area (Å²) in [5.41, 5.74) is 6.82. The highest BCUT2D eigenvalue weighted by Crippen LogP contribution is 2.23. The van der Waals surface area contributed by atoms with Crippen molar-refractivity contribution in [1.82, 2.24) is 0 Å². The Morgan fingerprint density at radius 3 is 2.31 bits per heavy atom. The molecule has 1 rings (SSSR count). The average molecular weight is 200 g/mol. The maximum atomic E-state index is 10.7. The largest absolute Gasteiger partial charge is 0.744 e. The fourth-order valence-electron chi connectivity index (χ4n) is 1.15. The lowest BCUT2D eigenvalue weighted by Gasteiger charge is -2.12. The van der Waals surface area contributed by atoms with Crippen molar-refractivity contribution in [1.29, 1.82) is 0 Å². The van der Waals surface area contributed by atoms with E-state index in [1.54, 1.807) is 19.9 Å². The first-order chi connectivity index (χ1) is 5.82. The highest BCUT2D eigenvalue weighted by atomic mass is 32.2. The molecule has 0 aliphatic heterocycles. The summed E-state index contributed by atoms with van der Waals surface area (Å²) in [4.78, 5) is -0.329. The van der Waals surface area contributed by atoms with E-state index in [0.717, 1.165) is 0 Å². The standard InChI is InChI=1S/C8H11NO3S/c1-5-3-6(2)8(9)7(4-5)13(10,11)12/h3-4H,9H2,1-2H3,(H,10,11,12)/p-1. The molecule has 0 heterocycles. The summed E-state index contributed by atoms with van der Waals surface area (Å²) >= 11 is 0. The molecular formula is C8H10NO3S-. The number of nitrogens with two attached hydrogens (primary N) is 1. The fraction of sp³-hybridized carbons (Fsp3) is 0.250. The molecule has 72 valence electrons. The van der Waals surface area contributed by atoms with E-state index >= 15 is 0 Å². The van der Waals surface area contributed by atoms with E-state index in [-0.39, 0.29) is 10.6 Å². The van der Waals surface area contributed by atoms with Gasteiger partial charge in [-0.15, -0.1) is 0 Å². The Kier molecular flexibility index (Phi) is 2.32. The van der Waals surface area contributed by atoms with Crippen LogP contribution < -0.4 is 5.73 Å². The summed E-state index contributed by atoms with van der Waals surface area (Å²) in [6, 6.07) is 3.01. The van der Waals surface area contributed by atoms with Gasteiger partial charge in [-0.05, 0) is 31.0 Å². The van der Waals surface area contributed by atoms with Crippen molar-refractivity contribution in [2.45, 2.75) is 18.7 Å². The minimum absolute atomic E-state index is 0.0422. The molecule has 0 atom stereocenters. The summed E-state index contributed by atoms with van der Waals surface area (Å²) in [6.07, 6.45) is 0. The Hall–Kier alpha value is -1.07. The zero-order valence-corrected chi connectivity index (χ0v) is 8.18. The molecule has 0 spiro atoms. The Labute approximate surface area is 77.1 Å². The van der Waals surface area contributed by atoms with Crippen LogP contribution in [0.25, 0.3) is 0 Å². The molecule has 0 aliphatic carbocycles. The van der Waals surface area contributed by atoms with Crippen LogP contribution in [0.1, 0.15) is 11.1 Å². The molecule has 0 saturated carbocycles.